The Hall–Kier alpha value is -4.48. The van der Waals surface area contributed by atoms with Crippen LogP contribution in [0, 0.1) is 17.8 Å². The second kappa shape index (κ2) is 9.51. The summed E-state index contributed by atoms with van der Waals surface area (Å²) in [5, 5.41) is 9.83. The fourth-order valence-electron chi connectivity index (χ4n) is 6.73. The van der Waals surface area contributed by atoms with Crippen LogP contribution in [0.5, 0.6) is 5.75 Å². The van der Waals surface area contributed by atoms with Crippen molar-refractivity contribution < 1.29 is 50.6 Å². The van der Waals surface area contributed by atoms with Crippen LogP contribution >= 0.6 is 0 Å². The third-order valence-electron chi connectivity index (χ3n) is 8.62. The smallest absolute Gasteiger partial charge is 0.416 e. The van der Waals surface area contributed by atoms with Gasteiger partial charge in [0.05, 0.1) is 28.7 Å². The highest BCUT2D eigenvalue weighted by Crippen LogP contribution is 2.55. The molecule has 4 atom stereocenters. The van der Waals surface area contributed by atoms with Gasteiger partial charge in [0, 0.05) is 22.6 Å². The quantitative estimate of drug-likeness (QED) is 0.196. The predicted molar refractivity (Wildman–Crippen MR) is 138 cm³/mol. The topological polar surface area (TPSA) is 91.8 Å². The number of hydrogen-bond acceptors (Lipinski definition) is 5. The van der Waals surface area contributed by atoms with Crippen LogP contribution in [0.2, 0.25) is 0 Å². The molecule has 0 radical (unpaired) electrons. The number of phenols is 1. The van der Waals surface area contributed by atoms with Crippen LogP contribution in [0.15, 0.2) is 76.9 Å². The lowest BCUT2D eigenvalue weighted by Gasteiger charge is -2.42. The van der Waals surface area contributed by atoms with Crippen LogP contribution < -0.4 is 4.90 Å². The summed E-state index contributed by atoms with van der Waals surface area (Å²) in [6, 6.07) is 6.49. The van der Waals surface area contributed by atoms with E-state index in [9.17, 15) is 50.6 Å². The molecule has 12 heteroatoms. The van der Waals surface area contributed by atoms with Gasteiger partial charge in [-0.25, -0.2) is 4.90 Å². The lowest BCUT2D eigenvalue weighted by Crippen LogP contribution is -2.39. The number of amides is 2. The Labute approximate surface area is 240 Å². The van der Waals surface area contributed by atoms with Gasteiger partial charge in [-0.3, -0.25) is 19.2 Å². The van der Waals surface area contributed by atoms with Gasteiger partial charge in [0.25, 0.3) is 0 Å². The maximum atomic E-state index is 13.9. The van der Waals surface area contributed by atoms with E-state index in [1.807, 2.05) is 0 Å². The van der Waals surface area contributed by atoms with E-state index in [0.29, 0.717) is 28.2 Å². The minimum Gasteiger partial charge on any atom is -0.508 e. The average molecular weight is 601 g/mol. The van der Waals surface area contributed by atoms with Gasteiger partial charge in [-0.2, -0.15) is 26.3 Å². The van der Waals surface area contributed by atoms with Crippen molar-refractivity contribution in [1.82, 2.24) is 0 Å². The molecule has 0 aromatic heterocycles. The summed E-state index contributed by atoms with van der Waals surface area (Å²) in [5.41, 5.74) is -2.56. The van der Waals surface area contributed by atoms with Gasteiger partial charge in [-0.1, -0.05) is 23.8 Å². The van der Waals surface area contributed by atoms with E-state index in [1.54, 1.807) is 18.2 Å². The number of carbonyl (C=O) groups excluding carboxylic acids is 4. The van der Waals surface area contributed by atoms with Gasteiger partial charge in [-0.15, -0.1) is 0 Å². The number of allylic oxidation sites excluding steroid dienone is 6. The number of hydrogen-bond donors (Lipinski definition) is 1. The van der Waals surface area contributed by atoms with Crippen molar-refractivity contribution in [3.05, 3.63) is 93.6 Å². The molecule has 2 aromatic rings. The van der Waals surface area contributed by atoms with Gasteiger partial charge in [0.1, 0.15) is 5.75 Å². The van der Waals surface area contributed by atoms with Crippen LogP contribution in [-0.2, 0) is 31.5 Å². The largest absolute Gasteiger partial charge is 0.508 e. The van der Waals surface area contributed by atoms with E-state index in [1.165, 1.54) is 25.1 Å². The second-order valence-corrected chi connectivity index (χ2v) is 11.1. The zero-order valence-corrected chi connectivity index (χ0v) is 22.2. The zero-order chi connectivity index (χ0) is 31.2. The van der Waals surface area contributed by atoms with Gasteiger partial charge in [0.2, 0.25) is 11.8 Å². The van der Waals surface area contributed by atoms with E-state index < -0.39 is 70.4 Å². The Morgan fingerprint density at radius 2 is 1.44 bits per heavy atom. The lowest BCUT2D eigenvalue weighted by atomic mass is 9.59. The van der Waals surface area contributed by atoms with Crippen molar-refractivity contribution >= 4 is 29.1 Å². The number of halogens is 6. The maximum absolute atomic E-state index is 13.9. The highest BCUT2D eigenvalue weighted by atomic mass is 19.4. The van der Waals surface area contributed by atoms with Crippen molar-refractivity contribution in [2.45, 2.75) is 38.0 Å². The van der Waals surface area contributed by atoms with Crippen LogP contribution in [0.3, 0.4) is 0 Å². The van der Waals surface area contributed by atoms with E-state index in [4.69, 9.17) is 0 Å². The van der Waals surface area contributed by atoms with Gasteiger partial charge >= 0.3 is 12.4 Å². The normalized spacial score (nSPS) is 25.8. The monoisotopic (exact) mass is 601 g/mol. The number of phenolic OH excluding ortho intramolecular Hbond substituents is 1. The molecule has 4 aliphatic rings. The molecule has 1 fully saturated rings. The Bertz CT molecular complexity index is 1680. The number of Topliss-reactive ketones (excluding diaryl/α,β-unsaturated/α-hetero) is 1. The summed E-state index contributed by atoms with van der Waals surface area (Å²) in [5.74, 6) is -6.78. The summed E-state index contributed by atoms with van der Waals surface area (Å²) in [6.45, 7) is 1.50. The molecule has 3 aliphatic carbocycles. The zero-order valence-electron chi connectivity index (χ0n) is 22.2. The number of fused-ring (bicyclic) bond motifs is 3. The van der Waals surface area contributed by atoms with Crippen LogP contribution in [0.4, 0.5) is 32.0 Å². The van der Waals surface area contributed by atoms with Gasteiger partial charge < -0.3 is 5.11 Å². The number of aromatic hydroxyl groups is 1. The van der Waals surface area contributed by atoms with Crippen LogP contribution in [0.25, 0.3) is 0 Å². The molecule has 0 bridgehead atoms. The summed E-state index contributed by atoms with van der Waals surface area (Å²) in [6.07, 6.45) is -7.70. The molecular formula is C31H21F6NO5. The van der Waals surface area contributed by atoms with Crippen molar-refractivity contribution in [1.29, 1.82) is 0 Å². The Morgan fingerprint density at radius 3 is 2.02 bits per heavy atom. The molecule has 0 saturated carbocycles. The first-order valence-electron chi connectivity index (χ1n) is 13.2. The minimum absolute atomic E-state index is 0.0587. The summed E-state index contributed by atoms with van der Waals surface area (Å²) in [7, 11) is 0. The first-order valence-corrected chi connectivity index (χ1v) is 13.2. The van der Waals surface area contributed by atoms with Crippen LogP contribution in [0.1, 0.15) is 42.4 Å². The molecule has 1 aliphatic heterocycles. The molecule has 43 heavy (non-hydrogen) atoms. The standard InChI is InChI=1S/C31H21F6NO5/c1-13-8-23(40)22-12-21-19(24(26(22)27(13)41)14-2-4-18(39)5-3-14)6-7-20-25(21)29(43)38(28(20)42)17-10-15(30(32,33)34)9-16(11-17)31(35,36)37/h2-6,8-11,20-21,24-25,39H,7,12H2,1H3/t20-,21+,24-,25-/m0/s1. The number of nitrogens with zero attached hydrogens (tertiary/aromatic N) is 1. The Balaban J connectivity index is 1.47. The first-order chi connectivity index (χ1) is 20.1. The van der Waals surface area contributed by atoms with Crippen molar-refractivity contribution in [2.75, 3.05) is 4.90 Å². The van der Waals surface area contributed by atoms with Gasteiger partial charge in [-0.05, 0) is 67.7 Å². The number of alkyl halides is 6. The third kappa shape index (κ3) is 4.50. The highest BCUT2D eigenvalue weighted by Gasteiger charge is 2.57. The summed E-state index contributed by atoms with van der Waals surface area (Å²) in [4.78, 5) is 54.3. The van der Waals surface area contributed by atoms with Crippen molar-refractivity contribution in [3.63, 3.8) is 0 Å². The molecule has 0 spiro atoms. The van der Waals surface area contributed by atoms with Crippen molar-refractivity contribution in [3.8, 4) is 5.75 Å². The molecular weight excluding hydrogens is 580 g/mol. The molecule has 6 nitrogen and oxygen atoms in total. The molecule has 6 rings (SSSR count). The Morgan fingerprint density at radius 1 is 0.837 bits per heavy atom. The fourth-order valence-corrected chi connectivity index (χ4v) is 6.73. The first kappa shape index (κ1) is 28.6. The van der Waals surface area contributed by atoms with E-state index in [-0.39, 0.29) is 47.2 Å². The number of ketones is 2. The van der Waals surface area contributed by atoms with Crippen LogP contribution in [-0.4, -0.2) is 28.5 Å². The number of rotatable bonds is 2. The molecule has 2 amide bonds. The fraction of sp³-hybridized carbons (Fsp3) is 0.290. The molecule has 1 N–H and O–H groups in total. The maximum Gasteiger partial charge on any atom is 0.416 e. The average Bonchev–Trinajstić information content (AvgIpc) is 3.19. The predicted octanol–water partition coefficient (Wildman–Crippen LogP) is 6.06. The molecule has 0 unspecified atom stereocenters. The number of benzene rings is 2. The van der Waals surface area contributed by atoms with E-state index in [0.717, 1.165) is 0 Å². The number of imide groups is 1. The Kier molecular flexibility index (Phi) is 6.34. The molecule has 1 saturated heterocycles. The SMILES string of the molecule is CC1=CC(=O)C2=C(C1=O)[C@@H](c1ccc(O)cc1)C1=CC[C@@H]3C(=O)N(c4cc(C(F)(F)F)cc(C(F)(F)F)c4)C(=O)[C@@H]3[C@@H]1C2. The minimum atomic E-state index is -5.19. The number of carbonyl (C=O) groups is 4. The summed E-state index contributed by atoms with van der Waals surface area (Å²) < 4.78 is 81.4. The third-order valence-corrected chi connectivity index (χ3v) is 8.62. The summed E-state index contributed by atoms with van der Waals surface area (Å²) >= 11 is 0. The number of anilines is 1. The lowest BCUT2D eigenvalue weighted by molar-refractivity contribution is -0.143. The highest BCUT2D eigenvalue weighted by molar-refractivity contribution is 6.25. The molecule has 1 heterocycles. The van der Waals surface area contributed by atoms with E-state index in [2.05, 4.69) is 0 Å². The molecule has 2 aromatic carbocycles. The van der Waals surface area contributed by atoms with E-state index >= 15 is 0 Å². The van der Waals surface area contributed by atoms with Gasteiger partial charge in [0.15, 0.2) is 11.6 Å². The second-order valence-electron chi connectivity index (χ2n) is 11.1. The molecule has 222 valence electrons. The van der Waals surface area contributed by atoms with Crippen molar-refractivity contribution in [2.24, 2.45) is 17.8 Å².